The van der Waals surface area contributed by atoms with E-state index in [1.54, 1.807) is 0 Å². The van der Waals surface area contributed by atoms with Gasteiger partial charge in [-0.25, -0.2) is 0 Å². The summed E-state index contributed by atoms with van der Waals surface area (Å²) in [4.78, 5) is 2.34. The summed E-state index contributed by atoms with van der Waals surface area (Å²) in [7, 11) is 2.13. The van der Waals surface area contributed by atoms with Gasteiger partial charge in [-0.15, -0.1) is 0 Å². The molecule has 0 aromatic carbocycles. The van der Waals surface area contributed by atoms with E-state index in [-0.39, 0.29) is 12.1 Å². The van der Waals surface area contributed by atoms with Crippen LogP contribution in [0.15, 0.2) is 0 Å². The zero-order valence-electron chi connectivity index (χ0n) is 11.1. The van der Waals surface area contributed by atoms with Gasteiger partial charge < -0.3 is 10.8 Å². The van der Waals surface area contributed by atoms with Gasteiger partial charge in [0.1, 0.15) is 0 Å². The first kappa shape index (κ1) is 13.9. The van der Waals surface area contributed by atoms with Gasteiger partial charge in [0, 0.05) is 11.6 Å². The second-order valence-electron chi connectivity index (χ2n) is 5.78. The van der Waals surface area contributed by atoms with E-state index in [2.05, 4.69) is 25.8 Å². The Morgan fingerprint density at radius 1 is 1.25 bits per heavy atom. The van der Waals surface area contributed by atoms with Crippen molar-refractivity contribution in [3.8, 4) is 0 Å². The third-order valence-electron chi connectivity index (χ3n) is 4.26. The van der Waals surface area contributed by atoms with Crippen molar-refractivity contribution < 1.29 is 5.11 Å². The fourth-order valence-electron chi connectivity index (χ4n) is 2.71. The lowest BCUT2D eigenvalue weighted by molar-refractivity contribution is 0.0215. The molecular weight excluding hydrogens is 200 g/mol. The summed E-state index contributed by atoms with van der Waals surface area (Å²) in [6.45, 7) is 5.19. The quantitative estimate of drug-likeness (QED) is 0.719. The molecule has 0 spiro atoms. The monoisotopic (exact) mass is 228 g/mol. The van der Waals surface area contributed by atoms with Gasteiger partial charge in [0.15, 0.2) is 0 Å². The molecule has 0 amide bonds. The van der Waals surface area contributed by atoms with Gasteiger partial charge in [-0.3, -0.25) is 4.90 Å². The molecule has 96 valence electrons. The van der Waals surface area contributed by atoms with Crippen LogP contribution in [-0.2, 0) is 0 Å². The molecule has 1 aliphatic rings. The van der Waals surface area contributed by atoms with E-state index in [4.69, 9.17) is 5.73 Å². The van der Waals surface area contributed by atoms with Gasteiger partial charge >= 0.3 is 0 Å². The minimum atomic E-state index is -0.136. The van der Waals surface area contributed by atoms with E-state index in [0.29, 0.717) is 12.0 Å². The number of nitrogens with zero attached hydrogens (tertiary/aromatic N) is 1. The number of aliphatic hydroxyl groups is 1. The van der Waals surface area contributed by atoms with Crippen LogP contribution in [0.2, 0.25) is 0 Å². The van der Waals surface area contributed by atoms with Gasteiger partial charge in [0.2, 0.25) is 0 Å². The van der Waals surface area contributed by atoms with Crippen molar-refractivity contribution in [2.24, 2.45) is 11.7 Å². The Hall–Kier alpha value is -0.120. The molecule has 1 rings (SSSR count). The molecule has 0 aromatic heterocycles. The zero-order valence-corrected chi connectivity index (χ0v) is 11.1. The fourth-order valence-corrected chi connectivity index (χ4v) is 2.71. The lowest BCUT2D eigenvalue weighted by atomic mass is 9.90. The highest BCUT2D eigenvalue weighted by atomic mass is 16.3. The van der Waals surface area contributed by atoms with Gasteiger partial charge in [-0.1, -0.05) is 19.3 Å². The van der Waals surface area contributed by atoms with E-state index >= 15 is 0 Å². The molecule has 1 saturated carbocycles. The molecule has 3 heteroatoms. The Balaban J connectivity index is 2.73. The third kappa shape index (κ3) is 3.19. The third-order valence-corrected chi connectivity index (χ3v) is 4.26. The summed E-state index contributed by atoms with van der Waals surface area (Å²) in [5.41, 5.74) is 5.76. The molecule has 0 aromatic rings. The number of nitrogens with two attached hydrogens (primary N) is 1. The SMILES string of the molecule is CN(C1CCCCCC1CN)C(C)(C)CO. The Morgan fingerprint density at radius 3 is 2.44 bits per heavy atom. The summed E-state index contributed by atoms with van der Waals surface area (Å²) in [6.07, 6.45) is 6.41. The molecule has 2 atom stereocenters. The number of hydrogen-bond acceptors (Lipinski definition) is 3. The van der Waals surface area contributed by atoms with E-state index in [1.807, 2.05) is 0 Å². The number of rotatable bonds is 4. The average molecular weight is 228 g/mol. The van der Waals surface area contributed by atoms with Crippen molar-refractivity contribution in [1.82, 2.24) is 4.90 Å². The zero-order chi connectivity index (χ0) is 12.2. The number of hydrogen-bond donors (Lipinski definition) is 2. The summed E-state index contributed by atoms with van der Waals surface area (Å²) in [6, 6.07) is 0.537. The van der Waals surface area contributed by atoms with Crippen LogP contribution in [0.3, 0.4) is 0 Å². The first-order valence-electron chi connectivity index (χ1n) is 6.57. The maximum Gasteiger partial charge on any atom is 0.0610 e. The Labute approximate surface area is 100 Å². The largest absolute Gasteiger partial charge is 0.394 e. The molecule has 0 bridgehead atoms. The van der Waals surface area contributed by atoms with E-state index in [0.717, 1.165) is 6.54 Å². The average Bonchev–Trinajstić information content (AvgIpc) is 2.52. The highest BCUT2D eigenvalue weighted by Crippen LogP contribution is 2.29. The smallest absolute Gasteiger partial charge is 0.0610 e. The van der Waals surface area contributed by atoms with Crippen LogP contribution in [0.4, 0.5) is 0 Å². The van der Waals surface area contributed by atoms with Crippen molar-refractivity contribution in [2.45, 2.75) is 57.5 Å². The van der Waals surface area contributed by atoms with Gasteiger partial charge in [-0.2, -0.15) is 0 Å². The van der Waals surface area contributed by atoms with Crippen LogP contribution in [-0.4, -0.2) is 41.8 Å². The Kier molecular flexibility index (Phi) is 5.22. The second-order valence-corrected chi connectivity index (χ2v) is 5.78. The topological polar surface area (TPSA) is 49.5 Å². The molecule has 1 aliphatic carbocycles. The molecular formula is C13H28N2O. The highest BCUT2D eigenvalue weighted by Gasteiger charge is 2.33. The first-order chi connectivity index (χ1) is 7.53. The van der Waals surface area contributed by atoms with Crippen LogP contribution in [0.5, 0.6) is 0 Å². The van der Waals surface area contributed by atoms with Gasteiger partial charge in [-0.05, 0) is 46.2 Å². The van der Waals surface area contributed by atoms with E-state index in [1.165, 1.54) is 32.1 Å². The summed E-state index contributed by atoms with van der Waals surface area (Å²) < 4.78 is 0. The molecule has 3 N–H and O–H groups in total. The molecule has 1 fully saturated rings. The van der Waals surface area contributed by atoms with Crippen molar-refractivity contribution in [2.75, 3.05) is 20.2 Å². The molecule has 16 heavy (non-hydrogen) atoms. The minimum absolute atomic E-state index is 0.136. The second kappa shape index (κ2) is 5.99. The molecule has 0 heterocycles. The van der Waals surface area contributed by atoms with Crippen LogP contribution in [0, 0.1) is 5.92 Å². The van der Waals surface area contributed by atoms with Crippen LogP contribution in [0.25, 0.3) is 0 Å². The molecule has 0 saturated heterocycles. The molecule has 0 radical (unpaired) electrons. The van der Waals surface area contributed by atoms with Gasteiger partial charge in [0.25, 0.3) is 0 Å². The lowest BCUT2D eigenvalue weighted by Gasteiger charge is -2.43. The van der Waals surface area contributed by atoms with Crippen molar-refractivity contribution >= 4 is 0 Å². The highest BCUT2D eigenvalue weighted by molar-refractivity contribution is 4.89. The number of likely N-dealkylation sites (N-methyl/N-ethyl adjacent to an activating group) is 1. The van der Waals surface area contributed by atoms with Crippen molar-refractivity contribution in [3.05, 3.63) is 0 Å². The minimum Gasteiger partial charge on any atom is -0.394 e. The van der Waals surface area contributed by atoms with Crippen LogP contribution >= 0.6 is 0 Å². The van der Waals surface area contributed by atoms with E-state index < -0.39 is 0 Å². The number of aliphatic hydroxyl groups excluding tert-OH is 1. The summed E-state index contributed by atoms with van der Waals surface area (Å²) >= 11 is 0. The molecule has 0 aliphatic heterocycles. The standard InChI is InChI=1S/C13H28N2O/c1-13(2,10-16)15(3)12-8-6-4-5-7-11(12)9-14/h11-12,16H,4-10,14H2,1-3H3. The normalized spacial score (nSPS) is 28.1. The molecule has 2 unspecified atom stereocenters. The lowest BCUT2D eigenvalue weighted by Crippen LogP contribution is -2.53. The summed E-state index contributed by atoms with van der Waals surface area (Å²) in [5.74, 6) is 0.596. The van der Waals surface area contributed by atoms with Crippen molar-refractivity contribution in [1.29, 1.82) is 0 Å². The van der Waals surface area contributed by atoms with Gasteiger partial charge in [0.05, 0.1) is 6.61 Å². The van der Waals surface area contributed by atoms with Crippen LogP contribution in [0.1, 0.15) is 46.0 Å². The predicted octanol–water partition coefficient (Wildman–Crippen LogP) is 1.60. The molecule has 3 nitrogen and oxygen atoms in total. The maximum absolute atomic E-state index is 9.45. The Bertz CT molecular complexity index is 206. The summed E-state index contributed by atoms with van der Waals surface area (Å²) in [5, 5.41) is 9.45. The Morgan fingerprint density at radius 2 is 1.88 bits per heavy atom. The predicted molar refractivity (Wildman–Crippen MR) is 68.3 cm³/mol. The van der Waals surface area contributed by atoms with Crippen LogP contribution < -0.4 is 5.73 Å². The fraction of sp³-hybridized carbons (Fsp3) is 1.00. The maximum atomic E-state index is 9.45. The first-order valence-corrected chi connectivity index (χ1v) is 6.57. The van der Waals surface area contributed by atoms with Crippen molar-refractivity contribution in [3.63, 3.8) is 0 Å². The van der Waals surface area contributed by atoms with E-state index in [9.17, 15) is 5.11 Å².